The van der Waals surface area contributed by atoms with Crippen LogP contribution in [0, 0.1) is 0 Å². The Kier molecular flexibility index (Phi) is 5.14. The van der Waals surface area contributed by atoms with Gasteiger partial charge in [0.15, 0.2) is 0 Å². The molecule has 0 radical (unpaired) electrons. The second-order valence-electron chi connectivity index (χ2n) is 9.61. The summed E-state index contributed by atoms with van der Waals surface area (Å²) >= 11 is 0. The smallest absolute Gasteiger partial charge is 0.143 e. The fraction of sp³-hybridized carbons (Fsp3) is 0.520. The first kappa shape index (κ1) is 19.9. The SMILES string of the molecule is CCc1ccc2c(c1)N(CCC1(C)CNc3cc(C(C)(C)C)ccc3O1)CCO2. The molecule has 0 saturated carbocycles. The molecule has 0 saturated heterocycles. The maximum atomic E-state index is 6.49. The lowest BCUT2D eigenvalue weighted by Crippen LogP contribution is -2.46. The number of hydrogen-bond acceptors (Lipinski definition) is 4. The Hall–Kier alpha value is -2.36. The van der Waals surface area contributed by atoms with Gasteiger partial charge in [0.2, 0.25) is 0 Å². The molecule has 0 fully saturated rings. The van der Waals surface area contributed by atoms with Crippen molar-refractivity contribution in [1.82, 2.24) is 0 Å². The van der Waals surface area contributed by atoms with Crippen LogP contribution >= 0.6 is 0 Å². The third-order valence-corrected chi connectivity index (χ3v) is 6.16. The molecule has 4 rings (SSSR count). The lowest BCUT2D eigenvalue weighted by molar-refractivity contribution is 0.0871. The van der Waals surface area contributed by atoms with E-state index in [-0.39, 0.29) is 11.0 Å². The Morgan fingerprint density at radius 1 is 1.10 bits per heavy atom. The van der Waals surface area contributed by atoms with Gasteiger partial charge in [-0.25, -0.2) is 0 Å². The van der Waals surface area contributed by atoms with Crippen LogP contribution in [0.3, 0.4) is 0 Å². The van der Waals surface area contributed by atoms with Crippen LogP contribution in [0.2, 0.25) is 0 Å². The minimum Gasteiger partial charge on any atom is -0.490 e. The van der Waals surface area contributed by atoms with Gasteiger partial charge in [0.05, 0.1) is 24.5 Å². The first-order valence-corrected chi connectivity index (χ1v) is 10.9. The molecule has 2 aromatic carbocycles. The number of ether oxygens (including phenoxy) is 2. The summed E-state index contributed by atoms with van der Waals surface area (Å²) in [7, 11) is 0. The number of benzene rings is 2. The van der Waals surface area contributed by atoms with Gasteiger partial charge in [0.25, 0.3) is 0 Å². The Balaban J connectivity index is 1.46. The molecule has 156 valence electrons. The highest BCUT2D eigenvalue weighted by Crippen LogP contribution is 2.38. The molecule has 4 nitrogen and oxygen atoms in total. The third kappa shape index (κ3) is 4.17. The Morgan fingerprint density at radius 3 is 2.66 bits per heavy atom. The number of anilines is 2. The average Bonchev–Trinajstić information content (AvgIpc) is 2.70. The van der Waals surface area contributed by atoms with Gasteiger partial charge in [-0.05, 0) is 54.2 Å². The minimum atomic E-state index is -0.225. The molecular formula is C25H34N2O2. The van der Waals surface area contributed by atoms with Gasteiger partial charge in [-0.1, -0.05) is 39.8 Å². The van der Waals surface area contributed by atoms with Gasteiger partial charge in [-0.15, -0.1) is 0 Å². The highest BCUT2D eigenvalue weighted by molar-refractivity contribution is 5.62. The van der Waals surface area contributed by atoms with Crippen molar-refractivity contribution in [2.24, 2.45) is 0 Å². The molecule has 29 heavy (non-hydrogen) atoms. The molecular weight excluding hydrogens is 360 g/mol. The zero-order chi connectivity index (χ0) is 20.6. The van der Waals surface area contributed by atoms with Crippen LogP contribution in [0.25, 0.3) is 0 Å². The molecule has 0 aromatic heterocycles. The maximum absolute atomic E-state index is 6.49. The zero-order valence-electron chi connectivity index (χ0n) is 18.5. The van der Waals surface area contributed by atoms with Crippen LogP contribution in [0.4, 0.5) is 11.4 Å². The summed E-state index contributed by atoms with van der Waals surface area (Å²) in [6.07, 6.45) is 2.00. The predicted molar refractivity (Wildman–Crippen MR) is 121 cm³/mol. The van der Waals surface area contributed by atoms with Crippen molar-refractivity contribution in [2.75, 3.05) is 36.5 Å². The third-order valence-electron chi connectivity index (χ3n) is 6.16. The van der Waals surface area contributed by atoms with Gasteiger partial charge in [-0.2, -0.15) is 0 Å². The monoisotopic (exact) mass is 394 g/mol. The van der Waals surface area contributed by atoms with Crippen LogP contribution in [0.5, 0.6) is 11.5 Å². The second kappa shape index (κ2) is 7.47. The normalized spacial score (nSPS) is 20.8. The van der Waals surface area contributed by atoms with E-state index < -0.39 is 0 Å². The van der Waals surface area contributed by atoms with Gasteiger partial charge >= 0.3 is 0 Å². The molecule has 0 bridgehead atoms. The van der Waals surface area contributed by atoms with Crippen LogP contribution < -0.4 is 19.7 Å². The number of fused-ring (bicyclic) bond motifs is 2. The summed E-state index contributed by atoms with van der Waals surface area (Å²) in [5.41, 5.74) is 4.92. The van der Waals surface area contributed by atoms with Crippen molar-refractivity contribution in [3.8, 4) is 11.5 Å². The van der Waals surface area contributed by atoms with E-state index in [0.29, 0.717) is 0 Å². The second-order valence-corrected chi connectivity index (χ2v) is 9.61. The van der Waals surface area contributed by atoms with Gasteiger partial charge < -0.3 is 19.7 Å². The van der Waals surface area contributed by atoms with Crippen LogP contribution in [0.15, 0.2) is 36.4 Å². The van der Waals surface area contributed by atoms with Crippen LogP contribution in [-0.4, -0.2) is 31.8 Å². The van der Waals surface area contributed by atoms with Crippen molar-refractivity contribution >= 4 is 11.4 Å². The van der Waals surface area contributed by atoms with E-state index >= 15 is 0 Å². The van der Waals surface area contributed by atoms with Crippen LogP contribution in [0.1, 0.15) is 52.2 Å². The molecule has 2 aliphatic rings. The van der Waals surface area contributed by atoms with E-state index in [1.165, 1.54) is 16.8 Å². The summed E-state index contributed by atoms with van der Waals surface area (Å²) in [5, 5.41) is 3.62. The Bertz CT molecular complexity index is 887. The summed E-state index contributed by atoms with van der Waals surface area (Å²) in [6, 6.07) is 13.1. The highest BCUT2D eigenvalue weighted by Gasteiger charge is 2.33. The summed E-state index contributed by atoms with van der Waals surface area (Å²) in [4.78, 5) is 2.45. The molecule has 0 spiro atoms. The molecule has 2 aliphatic heterocycles. The Labute approximate surface area is 175 Å². The number of nitrogens with one attached hydrogen (secondary N) is 1. The number of rotatable bonds is 4. The molecule has 2 aromatic rings. The summed E-state index contributed by atoms with van der Waals surface area (Å²) in [6.45, 7) is 14.6. The van der Waals surface area contributed by atoms with Gasteiger partial charge in [0.1, 0.15) is 23.7 Å². The summed E-state index contributed by atoms with van der Waals surface area (Å²) in [5.74, 6) is 1.96. The van der Waals surface area contributed by atoms with Crippen molar-refractivity contribution in [2.45, 2.75) is 58.5 Å². The van der Waals surface area contributed by atoms with E-state index in [2.05, 4.69) is 81.2 Å². The molecule has 1 unspecified atom stereocenters. The maximum Gasteiger partial charge on any atom is 0.143 e. The standard InChI is InChI=1S/C25H34N2O2/c1-6-18-7-9-23-21(15-18)27(13-14-28-23)12-11-25(5)17-26-20-16-19(24(2,3)4)8-10-22(20)29-25/h7-10,15-16,26H,6,11-14,17H2,1-5H3. The van der Waals surface area contributed by atoms with Gasteiger partial charge in [-0.3, -0.25) is 0 Å². The quantitative estimate of drug-likeness (QED) is 0.753. The van der Waals surface area contributed by atoms with Gasteiger partial charge in [0, 0.05) is 13.0 Å². The van der Waals surface area contributed by atoms with E-state index in [4.69, 9.17) is 9.47 Å². The topological polar surface area (TPSA) is 33.7 Å². The first-order chi connectivity index (χ1) is 13.8. The van der Waals surface area contributed by atoms with Crippen LogP contribution in [-0.2, 0) is 11.8 Å². The van der Waals surface area contributed by atoms with E-state index in [0.717, 1.165) is 56.3 Å². The number of nitrogens with zero attached hydrogens (tertiary/aromatic N) is 1. The zero-order valence-corrected chi connectivity index (χ0v) is 18.5. The fourth-order valence-corrected chi connectivity index (χ4v) is 4.09. The lowest BCUT2D eigenvalue weighted by Gasteiger charge is -2.39. The van der Waals surface area contributed by atoms with Crippen molar-refractivity contribution < 1.29 is 9.47 Å². The number of aryl methyl sites for hydroxylation is 1. The van der Waals surface area contributed by atoms with E-state index in [1.54, 1.807) is 0 Å². The minimum absolute atomic E-state index is 0.137. The van der Waals surface area contributed by atoms with E-state index in [1.807, 2.05) is 0 Å². The van der Waals surface area contributed by atoms with Crippen molar-refractivity contribution in [1.29, 1.82) is 0 Å². The fourth-order valence-electron chi connectivity index (χ4n) is 4.09. The average molecular weight is 395 g/mol. The first-order valence-electron chi connectivity index (χ1n) is 10.9. The summed E-state index contributed by atoms with van der Waals surface area (Å²) < 4.78 is 12.4. The molecule has 1 N–H and O–H groups in total. The lowest BCUT2D eigenvalue weighted by atomic mass is 9.86. The Morgan fingerprint density at radius 2 is 1.90 bits per heavy atom. The molecule has 1 atom stereocenters. The number of hydrogen-bond donors (Lipinski definition) is 1. The molecule has 2 heterocycles. The highest BCUT2D eigenvalue weighted by atomic mass is 16.5. The molecule has 0 amide bonds. The predicted octanol–water partition coefficient (Wildman–Crippen LogP) is 5.40. The van der Waals surface area contributed by atoms with E-state index in [9.17, 15) is 0 Å². The molecule has 0 aliphatic carbocycles. The largest absolute Gasteiger partial charge is 0.490 e. The van der Waals surface area contributed by atoms with Crippen molar-refractivity contribution in [3.63, 3.8) is 0 Å². The van der Waals surface area contributed by atoms with Crippen molar-refractivity contribution in [3.05, 3.63) is 47.5 Å². The molecule has 4 heteroatoms.